The highest BCUT2D eigenvalue weighted by molar-refractivity contribution is 6.06. The number of ether oxygens (including phenoxy) is 1. The maximum absolute atomic E-state index is 13.5. The third-order valence-corrected chi connectivity index (χ3v) is 8.16. The van der Waals surface area contributed by atoms with Gasteiger partial charge in [0.05, 0.1) is 0 Å². The monoisotopic (exact) mass is 487 g/mol. The van der Waals surface area contributed by atoms with Gasteiger partial charge < -0.3 is 14.6 Å². The number of rotatable bonds is 3. The number of nitrogens with zero attached hydrogens (tertiary/aromatic N) is 2. The minimum absolute atomic E-state index is 0.173. The molecule has 2 aliphatic rings. The predicted octanol–water partition coefficient (Wildman–Crippen LogP) is 6.15. The number of piperidine rings is 1. The lowest BCUT2D eigenvalue weighted by Gasteiger charge is -2.45. The van der Waals surface area contributed by atoms with Gasteiger partial charge in [0.1, 0.15) is 12.4 Å². The maximum atomic E-state index is 13.5. The number of aromatic nitrogens is 1. The Morgan fingerprint density at radius 3 is 2.67 bits per heavy atom. The zero-order valence-electron chi connectivity index (χ0n) is 22.0. The Morgan fingerprint density at radius 2 is 1.83 bits per heavy atom. The lowest BCUT2D eigenvalue weighted by molar-refractivity contribution is 0.0356. The molecule has 1 amide bonds. The number of carbonyl (C=O) groups excluding carboxylic acids is 1. The fourth-order valence-electron chi connectivity index (χ4n) is 6.29. The summed E-state index contributed by atoms with van der Waals surface area (Å²) in [5.74, 6) is 1.85. The molecule has 2 aliphatic heterocycles. The van der Waals surface area contributed by atoms with Gasteiger partial charge in [0, 0.05) is 55.4 Å². The van der Waals surface area contributed by atoms with Crippen molar-refractivity contribution in [3.05, 3.63) is 65.9 Å². The molecule has 5 nitrogen and oxygen atoms in total. The van der Waals surface area contributed by atoms with E-state index in [1.54, 1.807) is 0 Å². The Kier molecular flexibility index (Phi) is 7.66. The number of nitrogens with one attached hydrogen (secondary N) is 1. The third-order valence-electron chi connectivity index (χ3n) is 8.16. The fourth-order valence-corrected chi connectivity index (χ4v) is 6.29. The van der Waals surface area contributed by atoms with Crippen LogP contribution in [0.2, 0.25) is 0 Å². The highest BCUT2D eigenvalue weighted by Gasteiger charge is 2.37. The molecule has 1 aromatic heterocycles. The summed E-state index contributed by atoms with van der Waals surface area (Å²) in [6.45, 7) is 10.2. The number of amides is 1. The molecule has 3 aromatic rings. The molecule has 0 aliphatic carbocycles. The molecule has 0 atom stereocenters. The summed E-state index contributed by atoms with van der Waals surface area (Å²) in [4.78, 5) is 21.5. The van der Waals surface area contributed by atoms with E-state index in [0.717, 1.165) is 80.8 Å². The summed E-state index contributed by atoms with van der Waals surface area (Å²) in [5, 5.41) is 1.03. The van der Waals surface area contributed by atoms with Gasteiger partial charge >= 0.3 is 0 Å². The topological polar surface area (TPSA) is 48.6 Å². The van der Waals surface area contributed by atoms with Crippen molar-refractivity contribution in [2.24, 2.45) is 11.3 Å². The highest BCUT2D eigenvalue weighted by atomic mass is 16.5. The molecule has 1 fully saturated rings. The Labute approximate surface area is 215 Å². The average molecular weight is 488 g/mol. The number of aromatic amines is 1. The van der Waals surface area contributed by atoms with Crippen molar-refractivity contribution in [3.63, 3.8) is 0 Å². The van der Waals surface area contributed by atoms with Gasteiger partial charge in [-0.3, -0.25) is 9.69 Å². The molecule has 0 radical (unpaired) electrons. The molecule has 192 valence electrons. The van der Waals surface area contributed by atoms with Crippen LogP contribution in [0.1, 0.15) is 61.9 Å². The smallest absolute Gasteiger partial charge is 0.254 e. The van der Waals surface area contributed by atoms with Gasteiger partial charge in [-0.1, -0.05) is 44.5 Å². The van der Waals surface area contributed by atoms with E-state index in [1.165, 1.54) is 24.8 Å². The lowest BCUT2D eigenvalue weighted by atomic mass is 9.73. The summed E-state index contributed by atoms with van der Waals surface area (Å²) >= 11 is 0. The van der Waals surface area contributed by atoms with Crippen LogP contribution in [0.4, 0.5) is 0 Å². The lowest BCUT2D eigenvalue weighted by Crippen LogP contribution is -2.49. The quantitative estimate of drug-likeness (QED) is 0.482. The molecule has 2 aromatic carbocycles. The van der Waals surface area contributed by atoms with Crippen LogP contribution >= 0.6 is 0 Å². The van der Waals surface area contributed by atoms with Crippen molar-refractivity contribution in [3.8, 4) is 5.75 Å². The zero-order chi connectivity index (χ0) is 25.0. The highest BCUT2D eigenvalue weighted by Crippen LogP contribution is 2.39. The average Bonchev–Trinajstić information content (AvgIpc) is 3.36. The van der Waals surface area contributed by atoms with Gasteiger partial charge in [0.25, 0.3) is 5.91 Å². The van der Waals surface area contributed by atoms with Crippen LogP contribution in [0, 0.1) is 11.3 Å². The number of hydrogen-bond acceptors (Lipinski definition) is 3. The molecule has 5 heteroatoms. The maximum Gasteiger partial charge on any atom is 0.254 e. The Morgan fingerprint density at radius 1 is 1.00 bits per heavy atom. The first-order valence-electron chi connectivity index (χ1n) is 13.8. The SMILES string of the molecule is CC(C)CN1CCOc2ccccc2CCCCC2(CCN(C(=O)c3cccc4[nH]ccc34)CC2)C1. The number of fused-ring (bicyclic) bond motifs is 2. The summed E-state index contributed by atoms with van der Waals surface area (Å²) < 4.78 is 6.28. The van der Waals surface area contributed by atoms with Crippen molar-refractivity contribution in [2.75, 3.05) is 39.3 Å². The van der Waals surface area contributed by atoms with Gasteiger partial charge in [-0.05, 0) is 73.3 Å². The van der Waals surface area contributed by atoms with Gasteiger partial charge in [-0.25, -0.2) is 0 Å². The Balaban J connectivity index is 1.30. The van der Waals surface area contributed by atoms with E-state index in [-0.39, 0.29) is 11.3 Å². The number of carbonyl (C=O) groups is 1. The standard InChI is InChI=1S/C31H41N3O2/c1-24(2)22-33-20-21-36-29-12-4-3-8-25(29)9-5-6-14-31(23-33)15-18-34(19-16-31)30(35)27-10-7-11-28-26(27)13-17-32-28/h3-4,7-8,10-13,17,24,32H,5-6,9,14-16,18-23H2,1-2H3. The van der Waals surface area contributed by atoms with Crippen molar-refractivity contribution in [1.29, 1.82) is 0 Å². The number of likely N-dealkylation sites (tertiary alicyclic amines) is 1. The van der Waals surface area contributed by atoms with Crippen LogP contribution in [-0.4, -0.2) is 60.0 Å². The largest absolute Gasteiger partial charge is 0.492 e. The van der Waals surface area contributed by atoms with Crippen molar-refractivity contribution in [2.45, 2.75) is 52.4 Å². The second kappa shape index (κ2) is 11.1. The van der Waals surface area contributed by atoms with Crippen molar-refractivity contribution >= 4 is 16.8 Å². The van der Waals surface area contributed by atoms with E-state index in [4.69, 9.17) is 4.74 Å². The van der Waals surface area contributed by atoms with Crippen molar-refractivity contribution < 1.29 is 9.53 Å². The summed E-state index contributed by atoms with van der Waals surface area (Å²) in [6, 6.07) is 16.6. The number of aryl methyl sites for hydroxylation is 1. The second-order valence-corrected chi connectivity index (χ2v) is 11.3. The normalized spacial score (nSPS) is 19.5. The summed E-state index contributed by atoms with van der Waals surface area (Å²) in [7, 11) is 0. The zero-order valence-corrected chi connectivity index (χ0v) is 22.0. The molecular weight excluding hydrogens is 446 g/mol. The molecular formula is C31H41N3O2. The molecule has 1 spiro atoms. The minimum atomic E-state index is 0.173. The molecule has 1 saturated heterocycles. The summed E-state index contributed by atoms with van der Waals surface area (Å²) in [6.07, 6.45) is 8.79. The molecule has 5 rings (SSSR count). The van der Waals surface area contributed by atoms with E-state index in [1.807, 2.05) is 30.5 Å². The van der Waals surface area contributed by atoms with Crippen LogP contribution in [0.15, 0.2) is 54.7 Å². The first-order chi connectivity index (χ1) is 17.5. The Hall–Kier alpha value is -2.79. The van der Waals surface area contributed by atoms with Crippen LogP contribution < -0.4 is 4.74 Å². The van der Waals surface area contributed by atoms with E-state index in [2.05, 4.69) is 52.9 Å². The van der Waals surface area contributed by atoms with Gasteiger partial charge in [0.2, 0.25) is 0 Å². The van der Waals surface area contributed by atoms with Gasteiger partial charge in [-0.15, -0.1) is 0 Å². The molecule has 1 N–H and O–H groups in total. The molecule has 0 saturated carbocycles. The molecule has 0 bridgehead atoms. The van der Waals surface area contributed by atoms with Crippen LogP contribution in [-0.2, 0) is 6.42 Å². The van der Waals surface area contributed by atoms with E-state index in [0.29, 0.717) is 5.92 Å². The number of H-pyrrole nitrogens is 1. The van der Waals surface area contributed by atoms with Crippen LogP contribution in [0.5, 0.6) is 5.75 Å². The van der Waals surface area contributed by atoms with Gasteiger partial charge in [0.15, 0.2) is 0 Å². The van der Waals surface area contributed by atoms with Gasteiger partial charge in [-0.2, -0.15) is 0 Å². The van der Waals surface area contributed by atoms with E-state index in [9.17, 15) is 4.79 Å². The number of benzene rings is 2. The van der Waals surface area contributed by atoms with E-state index < -0.39 is 0 Å². The molecule has 0 unspecified atom stereocenters. The Bertz CT molecular complexity index is 1160. The van der Waals surface area contributed by atoms with Crippen molar-refractivity contribution in [1.82, 2.24) is 14.8 Å². The first-order valence-corrected chi connectivity index (χ1v) is 13.8. The molecule has 36 heavy (non-hydrogen) atoms. The number of para-hydroxylation sites is 1. The van der Waals surface area contributed by atoms with Crippen LogP contribution in [0.3, 0.4) is 0 Å². The molecule has 3 heterocycles. The van der Waals surface area contributed by atoms with E-state index >= 15 is 0 Å². The minimum Gasteiger partial charge on any atom is -0.492 e. The second-order valence-electron chi connectivity index (χ2n) is 11.3. The van der Waals surface area contributed by atoms with Crippen LogP contribution in [0.25, 0.3) is 10.9 Å². The first kappa shape index (κ1) is 24.9. The fraction of sp³-hybridized carbons (Fsp3) is 0.516. The summed E-state index contributed by atoms with van der Waals surface area (Å²) in [5.41, 5.74) is 3.45. The number of hydrogen-bond donors (Lipinski definition) is 1. The predicted molar refractivity (Wildman–Crippen MR) is 147 cm³/mol. The third kappa shape index (κ3) is 5.62.